The van der Waals surface area contributed by atoms with Crippen LogP contribution in [-0.2, 0) is 36.3 Å². The molecule has 0 N–H and O–H groups in total. The van der Waals surface area contributed by atoms with E-state index in [1.807, 2.05) is 0 Å². The quantitative estimate of drug-likeness (QED) is 0.144. The topological polar surface area (TPSA) is 146 Å². The second kappa shape index (κ2) is 14.9. The molecule has 0 saturated carbocycles. The molecule has 0 saturated heterocycles. The Morgan fingerprint density at radius 2 is 1.43 bits per heavy atom. The molecule has 12 nitrogen and oxygen atoms in total. The number of aromatic nitrogens is 4. The molecule has 0 aliphatic heterocycles. The number of halogens is 6. The number of sulfonamides is 2. The number of hydrogen-bond acceptors (Lipinski definition) is 9. The third-order valence-electron chi connectivity index (χ3n) is 5.12. The van der Waals surface area contributed by atoms with Crippen molar-refractivity contribution in [2.24, 2.45) is 4.40 Å². The number of benzene rings is 2. The average molecular weight is 699 g/mol. The van der Waals surface area contributed by atoms with Gasteiger partial charge >= 0.3 is 0 Å². The van der Waals surface area contributed by atoms with Crippen LogP contribution in [0.5, 0.6) is 0 Å². The van der Waals surface area contributed by atoms with Crippen molar-refractivity contribution < 1.29 is 43.9 Å². The van der Waals surface area contributed by atoms with Gasteiger partial charge in [-0.05, 0) is 36.4 Å². The Morgan fingerprint density at radius 1 is 0.841 bits per heavy atom. The van der Waals surface area contributed by atoms with Crippen LogP contribution in [-0.4, -0.2) is 57.8 Å². The number of rotatable bonds is 9. The highest BCUT2D eigenvalue weighted by Crippen LogP contribution is 2.28. The van der Waals surface area contributed by atoms with E-state index in [2.05, 4.69) is 19.7 Å². The second-order valence-electron chi connectivity index (χ2n) is 8.11. The van der Waals surface area contributed by atoms with Crippen LogP contribution >= 0.6 is 23.2 Å². The summed E-state index contributed by atoms with van der Waals surface area (Å²) in [5.74, 6) is -4.76. The highest BCUT2D eigenvalue weighted by molar-refractivity contribution is 7.92. The van der Waals surface area contributed by atoms with Gasteiger partial charge in [-0.15, -0.1) is 9.50 Å². The summed E-state index contributed by atoms with van der Waals surface area (Å²) >= 11 is 11.0. The van der Waals surface area contributed by atoms with Crippen LogP contribution in [0.4, 0.5) is 23.4 Å². The van der Waals surface area contributed by atoms with Crippen molar-refractivity contribution in [1.82, 2.24) is 20.0 Å². The van der Waals surface area contributed by atoms with Crippen LogP contribution in [0.1, 0.15) is 0 Å². The van der Waals surface area contributed by atoms with E-state index in [9.17, 15) is 34.4 Å². The number of methoxy groups -OCH3 is 2. The molecule has 2 aromatic carbocycles. The minimum Gasteiger partial charge on any atom is -0.363 e. The summed E-state index contributed by atoms with van der Waals surface area (Å²) in [7, 11) is -6.20. The monoisotopic (exact) mass is 698 g/mol. The van der Waals surface area contributed by atoms with Crippen LogP contribution in [0, 0.1) is 23.3 Å². The summed E-state index contributed by atoms with van der Waals surface area (Å²) in [6.07, 6.45) is 2.75. The zero-order valence-electron chi connectivity index (χ0n) is 22.4. The van der Waals surface area contributed by atoms with E-state index in [0.717, 1.165) is 4.68 Å². The summed E-state index contributed by atoms with van der Waals surface area (Å²) in [6, 6.07) is 7.76. The van der Waals surface area contributed by atoms with Crippen molar-refractivity contribution >= 4 is 49.1 Å². The number of anilines is 1. The van der Waals surface area contributed by atoms with Gasteiger partial charge in [0.25, 0.3) is 20.0 Å². The van der Waals surface area contributed by atoms with Crippen molar-refractivity contribution in [2.45, 2.75) is 16.5 Å². The first-order valence-electron chi connectivity index (χ1n) is 11.6. The molecular weight excluding hydrogens is 679 g/mol. The Hall–Kier alpha value is -3.68. The van der Waals surface area contributed by atoms with Gasteiger partial charge in [0.1, 0.15) is 46.5 Å². The van der Waals surface area contributed by atoms with Gasteiger partial charge in [-0.2, -0.15) is 18.6 Å². The van der Waals surface area contributed by atoms with E-state index < -0.39 is 69.9 Å². The highest BCUT2D eigenvalue weighted by atomic mass is 35.5. The third kappa shape index (κ3) is 8.27. The van der Waals surface area contributed by atoms with Crippen molar-refractivity contribution in [3.05, 3.63) is 99.7 Å². The van der Waals surface area contributed by atoms with Crippen molar-refractivity contribution in [3.63, 3.8) is 0 Å². The molecule has 4 aromatic rings. The molecule has 2 heterocycles. The molecular formula is C24H20Cl2F4N6O6S2. The van der Waals surface area contributed by atoms with Gasteiger partial charge in [0, 0.05) is 38.7 Å². The predicted molar refractivity (Wildman–Crippen MR) is 148 cm³/mol. The average Bonchev–Trinajstić information content (AvgIpc) is 2.97. The van der Waals surface area contributed by atoms with E-state index in [1.54, 1.807) is 0 Å². The standard InChI is InChI=1S/2C12H10ClF2N3O3S/c1-21-7-18-12(3-2-4-16-18)17-22(19,20)11-5-8(13)9(14)6-10(11)15;1-21-7-18(12-3-2-4-16-17-12)22(19,20)11-5-8(13)9(14)6-10(11)15/h2*2-6H,7H2,1H3. The zero-order chi connectivity index (χ0) is 32.7. The molecule has 0 aliphatic rings. The van der Waals surface area contributed by atoms with Crippen LogP contribution < -0.4 is 9.79 Å². The predicted octanol–water partition coefficient (Wildman–Crippen LogP) is 3.92. The molecule has 0 bridgehead atoms. The summed E-state index contributed by atoms with van der Waals surface area (Å²) < 4.78 is 118. The molecule has 20 heteroatoms. The Kier molecular flexibility index (Phi) is 11.8. The van der Waals surface area contributed by atoms with Crippen molar-refractivity contribution in [1.29, 1.82) is 0 Å². The van der Waals surface area contributed by atoms with E-state index in [1.165, 1.54) is 50.9 Å². The number of nitrogens with zero attached hydrogens (tertiary/aromatic N) is 6. The Balaban J connectivity index is 0.000000240. The highest BCUT2D eigenvalue weighted by Gasteiger charge is 2.30. The fourth-order valence-corrected chi connectivity index (χ4v) is 6.12. The van der Waals surface area contributed by atoms with Crippen LogP contribution in [0.25, 0.3) is 0 Å². The smallest absolute Gasteiger partial charge is 0.287 e. The maximum absolute atomic E-state index is 13.9. The van der Waals surface area contributed by atoms with E-state index in [-0.39, 0.29) is 18.0 Å². The molecule has 0 radical (unpaired) electrons. The molecule has 0 spiro atoms. The molecule has 0 atom stereocenters. The number of hydrogen-bond donors (Lipinski definition) is 0. The Labute approximate surface area is 258 Å². The van der Waals surface area contributed by atoms with Crippen LogP contribution in [0.2, 0.25) is 10.0 Å². The van der Waals surface area contributed by atoms with Crippen LogP contribution in [0.3, 0.4) is 0 Å². The van der Waals surface area contributed by atoms with Gasteiger partial charge in [-0.25, -0.2) is 35.0 Å². The van der Waals surface area contributed by atoms with E-state index >= 15 is 0 Å². The van der Waals surface area contributed by atoms with Gasteiger partial charge in [0.15, 0.2) is 11.3 Å². The first-order valence-corrected chi connectivity index (χ1v) is 15.3. The lowest BCUT2D eigenvalue weighted by molar-refractivity contribution is 0.115. The number of ether oxygens (including phenoxy) is 2. The fourth-order valence-electron chi connectivity index (χ4n) is 3.19. The van der Waals surface area contributed by atoms with Gasteiger partial charge in [0.2, 0.25) is 0 Å². The summed E-state index contributed by atoms with van der Waals surface area (Å²) in [6.45, 7) is -0.489. The van der Waals surface area contributed by atoms with Crippen LogP contribution in [0.15, 0.2) is 75.1 Å². The maximum Gasteiger partial charge on any atom is 0.287 e. The Morgan fingerprint density at radius 3 is 2.00 bits per heavy atom. The maximum atomic E-state index is 13.9. The zero-order valence-corrected chi connectivity index (χ0v) is 25.5. The van der Waals surface area contributed by atoms with E-state index in [4.69, 9.17) is 32.7 Å². The Bertz CT molecular complexity index is 1920. The largest absolute Gasteiger partial charge is 0.363 e. The van der Waals surface area contributed by atoms with Gasteiger partial charge in [0.05, 0.1) is 10.0 Å². The van der Waals surface area contributed by atoms with Gasteiger partial charge < -0.3 is 9.47 Å². The molecule has 0 unspecified atom stereocenters. The molecule has 0 amide bonds. The molecule has 236 valence electrons. The van der Waals surface area contributed by atoms with Crippen molar-refractivity contribution in [2.75, 3.05) is 25.3 Å². The molecule has 0 aliphatic carbocycles. The summed E-state index contributed by atoms with van der Waals surface area (Å²) in [5, 5.41) is 10.0. The second-order valence-corrected chi connectivity index (χ2v) is 12.3. The molecule has 0 fully saturated rings. The fraction of sp³-hybridized carbons (Fsp3) is 0.167. The first kappa shape index (κ1) is 34.8. The lowest BCUT2D eigenvalue weighted by Crippen LogP contribution is -2.34. The molecule has 44 heavy (non-hydrogen) atoms. The molecule has 2 aromatic heterocycles. The minimum atomic E-state index is -4.44. The SMILES string of the molecule is COCN(c1cccnn1)S(=O)(=O)c1cc(Cl)c(F)cc1F.COCn1ncccc1=NS(=O)(=O)c1cc(Cl)c(F)cc1F. The normalized spacial score (nSPS) is 12.0. The van der Waals surface area contributed by atoms with Gasteiger partial charge in [-0.1, -0.05) is 23.2 Å². The minimum absolute atomic E-state index is 0.0537. The first-order chi connectivity index (χ1) is 20.7. The lowest BCUT2D eigenvalue weighted by Gasteiger charge is -2.22. The summed E-state index contributed by atoms with van der Waals surface area (Å²) in [4.78, 5) is -1.62. The summed E-state index contributed by atoms with van der Waals surface area (Å²) in [5.41, 5.74) is -0.0794. The van der Waals surface area contributed by atoms with Crippen molar-refractivity contribution in [3.8, 4) is 0 Å². The molecule has 4 rings (SSSR count). The third-order valence-corrected chi connectivity index (χ3v) is 8.74. The van der Waals surface area contributed by atoms with E-state index in [0.29, 0.717) is 28.6 Å². The van der Waals surface area contributed by atoms with Gasteiger partial charge in [-0.3, -0.25) is 0 Å². The lowest BCUT2D eigenvalue weighted by atomic mass is 10.3.